The van der Waals surface area contributed by atoms with E-state index in [2.05, 4.69) is 17.3 Å². The zero-order valence-electron chi connectivity index (χ0n) is 13.4. The van der Waals surface area contributed by atoms with Gasteiger partial charge in [-0.3, -0.25) is 9.48 Å². The number of aryl methyl sites for hydroxylation is 2. The standard InChI is InChI=1S/C17H23N3O2/c1-4-5-10-22-16-8-6-14(7-9-16)17(21)18-11-15-12-20(3)19-13(15)2/h6-9,12H,4-5,10-11H2,1-3H3,(H,18,21). The van der Waals surface area contributed by atoms with Crippen molar-refractivity contribution in [1.29, 1.82) is 0 Å². The van der Waals surface area contributed by atoms with Gasteiger partial charge in [-0.1, -0.05) is 13.3 Å². The lowest BCUT2D eigenvalue weighted by atomic mass is 10.2. The summed E-state index contributed by atoms with van der Waals surface area (Å²) in [5.41, 5.74) is 2.59. The van der Waals surface area contributed by atoms with E-state index in [1.54, 1.807) is 16.8 Å². The molecule has 5 nitrogen and oxygen atoms in total. The third-order valence-electron chi connectivity index (χ3n) is 3.44. The number of carbonyl (C=O) groups is 1. The van der Waals surface area contributed by atoms with E-state index in [0.29, 0.717) is 18.7 Å². The molecule has 0 saturated carbocycles. The molecule has 5 heteroatoms. The number of hydrogen-bond donors (Lipinski definition) is 1. The summed E-state index contributed by atoms with van der Waals surface area (Å²) < 4.78 is 7.34. The van der Waals surface area contributed by atoms with Crippen LogP contribution in [-0.4, -0.2) is 22.3 Å². The minimum absolute atomic E-state index is 0.0941. The first-order chi connectivity index (χ1) is 10.6. The number of benzene rings is 1. The Kier molecular flexibility index (Phi) is 5.58. The summed E-state index contributed by atoms with van der Waals surface area (Å²) in [6.45, 7) is 5.25. The second-order valence-corrected chi connectivity index (χ2v) is 5.32. The first kappa shape index (κ1) is 16.1. The number of hydrogen-bond acceptors (Lipinski definition) is 3. The predicted molar refractivity (Wildman–Crippen MR) is 86.0 cm³/mol. The molecule has 0 saturated heterocycles. The van der Waals surface area contributed by atoms with E-state index in [-0.39, 0.29) is 5.91 Å². The molecule has 118 valence electrons. The number of nitrogens with zero attached hydrogens (tertiary/aromatic N) is 2. The van der Waals surface area contributed by atoms with Crippen molar-refractivity contribution in [2.75, 3.05) is 6.61 Å². The van der Waals surface area contributed by atoms with E-state index < -0.39 is 0 Å². The predicted octanol–water partition coefficient (Wildman–Crippen LogP) is 2.84. The van der Waals surface area contributed by atoms with E-state index in [0.717, 1.165) is 29.8 Å². The molecule has 1 amide bonds. The third-order valence-corrected chi connectivity index (χ3v) is 3.44. The average Bonchev–Trinajstić information content (AvgIpc) is 2.83. The largest absolute Gasteiger partial charge is 0.494 e. The molecule has 0 bridgehead atoms. The van der Waals surface area contributed by atoms with Crippen LogP contribution < -0.4 is 10.1 Å². The molecule has 0 spiro atoms. The fourth-order valence-electron chi connectivity index (χ4n) is 2.14. The van der Waals surface area contributed by atoms with Gasteiger partial charge in [-0.25, -0.2) is 0 Å². The molecule has 0 atom stereocenters. The highest BCUT2D eigenvalue weighted by atomic mass is 16.5. The number of unbranched alkanes of at least 4 members (excludes halogenated alkanes) is 1. The van der Waals surface area contributed by atoms with Crippen LogP contribution >= 0.6 is 0 Å². The van der Waals surface area contributed by atoms with Gasteiger partial charge in [-0.05, 0) is 37.6 Å². The molecular weight excluding hydrogens is 278 g/mol. The molecule has 2 rings (SSSR count). The quantitative estimate of drug-likeness (QED) is 0.800. The minimum atomic E-state index is -0.0941. The Labute approximate surface area is 131 Å². The molecule has 1 N–H and O–H groups in total. The van der Waals surface area contributed by atoms with Crippen LogP contribution in [0.15, 0.2) is 30.5 Å². The summed E-state index contributed by atoms with van der Waals surface area (Å²) in [6, 6.07) is 7.24. The van der Waals surface area contributed by atoms with E-state index >= 15 is 0 Å². The Morgan fingerprint density at radius 1 is 1.32 bits per heavy atom. The molecular formula is C17H23N3O2. The molecule has 22 heavy (non-hydrogen) atoms. The molecule has 0 aliphatic rings. The van der Waals surface area contributed by atoms with Crippen LogP contribution in [0.2, 0.25) is 0 Å². The highest BCUT2D eigenvalue weighted by Crippen LogP contribution is 2.13. The van der Waals surface area contributed by atoms with Crippen LogP contribution in [0, 0.1) is 6.92 Å². The maximum Gasteiger partial charge on any atom is 0.251 e. The second-order valence-electron chi connectivity index (χ2n) is 5.32. The van der Waals surface area contributed by atoms with Crippen molar-refractivity contribution in [3.05, 3.63) is 47.3 Å². The number of rotatable bonds is 7. The minimum Gasteiger partial charge on any atom is -0.494 e. The van der Waals surface area contributed by atoms with Gasteiger partial charge >= 0.3 is 0 Å². The van der Waals surface area contributed by atoms with Crippen molar-refractivity contribution in [1.82, 2.24) is 15.1 Å². The monoisotopic (exact) mass is 301 g/mol. The number of aromatic nitrogens is 2. The van der Waals surface area contributed by atoms with Crippen LogP contribution in [0.25, 0.3) is 0 Å². The molecule has 1 heterocycles. The number of carbonyl (C=O) groups excluding carboxylic acids is 1. The van der Waals surface area contributed by atoms with Crippen molar-refractivity contribution in [3.8, 4) is 5.75 Å². The number of amides is 1. The summed E-state index contributed by atoms with van der Waals surface area (Å²) in [7, 11) is 1.87. The highest BCUT2D eigenvalue weighted by molar-refractivity contribution is 5.94. The van der Waals surface area contributed by atoms with E-state index in [9.17, 15) is 4.79 Å². The van der Waals surface area contributed by atoms with Gasteiger partial charge in [0.25, 0.3) is 5.91 Å². The SMILES string of the molecule is CCCCOc1ccc(C(=O)NCc2cn(C)nc2C)cc1. The first-order valence-corrected chi connectivity index (χ1v) is 7.60. The summed E-state index contributed by atoms with van der Waals surface area (Å²) in [4.78, 5) is 12.1. The van der Waals surface area contributed by atoms with Crippen molar-refractivity contribution in [2.24, 2.45) is 7.05 Å². The van der Waals surface area contributed by atoms with Crippen molar-refractivity contribution in [3.63, 3.8) is 0 Å². The van der Waals surface area contributed by atoms with Crippen molar-refractivity contribution < 1.29 is 9.53 Å². The Hall–Kier alpha value is -2.30. The van der Waals surface area contributed by atoms with Gasteiger partial charge in [0.1, 0.15) is 5.75 Å². The summed E-state index contributed by atoms with van der Waals surface area (Å²) >= 11 is 0. The zero-order valence-corrected chi connectivity index (χ0v) is 13.4. The van der Waals surface area contributed by atoms with Crippen LogP contribution in [0.1, 0.15) is 41.4 Å². The fraction of sp³-hybridized carbons (Fsp3) is 0.412. The molecule has 2 aromatic rings. The van der Waals surface area contributed by atoms with Crippen molar-refractivity contribution >= 4 is 5.91 Å². The Morgan fingerprint density at radius 3 is 2.64 bits per heavy atom. The van der Waals surface area contributed by atoms with Crippen LogP contribution in [0.4, 0.5) is 0 Å². The van der Waals surface area contributed by atoms with Gasteiger partial charge in [-0.2, -0.15) is 5.10 Å². The lowest BCUT2D eigenvalue weighted by molar-refractivity contribution is 0.0951. The van der Waals surface area contributed by atoms with E-state index in [1.807, 2.05) is 32.3 Å². The van der Waals surface area contributed by atoms with Gasteiger partial charge in [0.15, 0.2) is 0 Å². The van der Waals surface area contributed by atoms with Crippen molar-refractivity contribution in [2.45, 2.75) is 33.2 Å². The lowest BCUT2D eigenvalue weighted by Crippen LogP contribution is -2.22. The first-order valence-electron chi connectivity index (χ1n) is 7.60. The normalized spacial score (nSPS) is 10.5. The molecule has 1 aromatic heterocycles. The van der Waals surface area contributed by atoms with Crippen LogP contribution in [-0.2, 0) is 13.6 Å². The highest BCUT2D eigenvalue weighted by Gasteiger charge is 2.08. The topological polar surface area (TPSA) is 56.1 Å². The second kappa shape index (κ2) is 7.64. The number of ether oxygens (including phenoxy) is 1. The third kappa shape index (κ3) is 4.35. The van der Waals surface area contributed by atoms with Gasteiger partial charge in [0.2, 0.25) is 0 Å². The molecule has 0 fully saturated rings. The lowest BCUT2D eigenvalue weighted by Gasteiger charge is -2.07. The summed E-state index contributed by atoms with van der Waals surface area (Å²) in [5, 5.41) is 7.17. The maximum absolute atomic E-state index is 12.1. The van der Waals surface area contributed by atoms with Crippen LogP contribution in [0.5, 0.6) is 5.75 Å². The van der Waals surface area contributed by atoms with E-state index in [4.69, 9.17) is 4.74 Å². The fourth-order valence-corrected chi connectivity index (χ4v) is 2.14. The summed E-state index contributed by atoms with van der Waals surface area (Å²) in [6.07, 6.45) is 4.06. The number of nitrogens with one attached hydrogen (secondary N) is 1. The van der Waals surface area contributed by atoms with Gasteiger partial charge < -0.3 is 10.1 Å². The van der Waals surface area contributed by atoms with Gasteiger partial charge in [-0.15, -0.1) is 0 Å². The molecule has 0 aliphatic heterocycles. The zero-order chi connectivity index (χ0) is 15.9. The average molecular weight is 301 g/mol. The van der Waals surface area contributed by atoms with Gasteiger partial charge in [0.05, 0.1) is 12.3 Å². The summed E-state index contributed by atoms with van der Waals surface area (Å²) in [5.74, 6) is 0.705. The van der Waals surface area contributed by atoms with E-state index in [1.165, 1.54) is 0 Å². The molecule has 0 unspecified atom stereocenters. The maximum atomic E-state index is 12.1. The van der Waals surface area contributed by atoms with Crippen LogP contribution in [0.3, 0.4) is 0 Å². The Morgan fingerprint density at radius 2 is 2.05 bits per heavy atom. The smallest absolute Gasteiger partial charge is 0.251 e. The Balaban J connectivity index is 1.88. The molecule has 0 radical (unpaired) electrons. The van der Waals surface area contributed by atoms with Gasteiger partial charge in [0, 0.05) is 30.9 Å². The molecule has 0 aliphatic carbocycles. The molecule has 1 aromatic carbocycles. The Bertz CT molecular complexity index is 617.